The van der Waals surface area contributed by atoms with Crippen molar-refractivity contribution in [1.29, 1.82) is 0 Å². The summed E-state index contributed by atoms with van der Waals surface area (Å²) in [6, 6.07) is 48.2. The second kappa shape index (κ2) is 17.6. The lowest BCUT2D eigenvalue weighted by molar-refractivity contribution is 0.322. The highest BCUT2D eigenvalue weighted by atomic mass is 16.5. The average molecular weight is 696 g/mol. The summed E-state index contributed by atoms with van der Waals surface area (Å²) in [4.78, 5) is 12.8. The van der Waals surface area contributed by atoms with Crippen molar-refractivity contribution in [2.75, 3.05) is 27.7 Å². The Bertz CT molecular complexity index is 2150. The fourth-order valence-electron chi connectivity index (χ4n) is 7.24. The van der Waals surface area contributed by atoms with E-state index < -0.39 is 0 Å². The number of rotatable bonds is 13. The van der Waals surface area contributed by atoms with Crippen molar-refractivity contribution in [1.82, 2.24) is 0 Å². The van der Waals surface area contributed by atoms with Gasteiger partial charge in [-0.1, -0.05) is 103 Å². The van der Waals surface area contributed by atoms with E-state index in [1.807, 2.05) is 39.8 Å². The van der Waals surface area contributed by atoms with Crippen molar-refractivity contribution in [3.63, 3.8) is 0 Å². The van der Waals surface area contributed by atoms with Gasteiger partial charge in [-0.25, -0.2) is 0 Å². The number of aliphatic imine (C=N–C) groups is 3. The molecule has 0 aliphatic rings. The summed E-state index contributed by atoms with van der Waals surface area (Å²) in [6.45, 7) is 7.17. The summed E-state index contributed by atoms with van der Waals surface area (Å²) >= 11 is 0. The number of ether oxygens (including phenoxy) is 1. The SMILES string of the molecule is CN=Cc1ccc(C)c(C(c2ccccc2)c2ccc(CCOc3ccc(C(c4cc(C=NC)ccc4C)c4cc(C=NC)ccc4C)cc3)cc2)c1. The standard InChI is InChI=1S/C49H49N3O/c1-34-12-15-38(31-50-4)28-45(34)48(41-10-8-7-9-11-41)42-20-18-37(19-21-42)26-27-53-44-24-22-43(23-25-44)49(46-29-39(32-51-5)16-13-35(46)2)47-30-40(33-52-6)17-14-36(47)3/h7-25,28-33,48-49H,26-27H2,1-6H3. The van der Waals surface area contributed by atoms with Crippen LogP contribution in [0.15, 0.2) is 148 Å². The highest BCUT2D eigenvalue weighted by Crippen LogP contribution is 2.38. The number of nitrogens with zero attached hydrogens (tertiary/aromatic N) is 3. The van der Waals surface area contributed by atoms with E-state index in [2.05, 4.69) is 169 Å². The molecule has 0 bridgehead atoms. The molecule has 0 saturated heterocycles. The van der Waals surface area contributed by atoms with Gasteiger partial charge in [0, 0.05) is 58.0 Å². The molecule has 0 amide bonds. The number of benzene rings is 6. The molecule has 6 aromatic carbocycles. The average Bonchev–Trinajstić information content (AvgIpc) is 3.17. The molecule has 0 aromatic heterocycles. The van der Waals surface area contributed by atoms with E-state index in [9.17, 15) is 0 Å². The van der Waals surface area contributed by atoms with Crippen molar-refractivity contribution in [2.45, 2.75) is 39.0 Å². The molecule has 0 fully saturated rings. The van der Waals surface area contributed by atoms with Crippen LogP contribution >= 0.6 is 0 Å². The van der Waals surface area contributed by atoms with E-state index in [4.69, 9.17) is 4.74 Å². The van der Waals surface area contributed by atoms with Crippen molar-refractivity contribution >= 4 is 18.6 Å². The lowest BCUT2D eigenvalue weighted by atomic mass is 9.80. The van der Waals surface area contributed by atoms with Crippen LogP contribution in [0.4, 0.5) is 0 Å². The first-order chi connectivity index (χ1) is 25.9. The molecule has 4 heteroatoms. The first-order valence-electron chi connectivity index (χ1n) is 18.3. The predicted molar refractivity (Wildman–Crippen MR) is 225 cm³/mol. The van der Waals surface area contributed by atoms with Gasteiger partial charge < -0.3 is 4.74 Å². The van der Waals surface area contributed by atoms with E-state index in [1.165, 1.54) is 55.6 Å². The normalized spacial score (nSPS) is 12.9. The molecule has 0 N–H and O–H groups in total. The summed E-state index contributed by atoms with van der Waals surface area (Å²) in [7, 11) is 5.45. The highest BCUT2D eigenvalue weighted by molar-refractivity contribution is 5.82. The quantitative estimate of drug-likeness (QED) is 0.0876. The van der Waals surface area contributed by atoms with Crippen LogP contribution in [-0.2, 0) is 6.42 Å². The zero-order valence-corrected chi connectivity index (χ0v) is 31.8. The maximum absolute atomic E-state index is 6.33. The first-order valence-corrected chi connectivity index (χ1v) is 18.3. The van der Waals surface area contributed by atoms with Crippen LogP contribution in [0.25, 0.3) is 0 Å². The van der Waals surface area contributed by atoms with Crippen molar-refractivity contribution < 1.29 is 4.74 Å². The van der Waals surface area contributed by atoms with E-state index in [0.717, 1.165) is 28.9 Å². The Morgan fingerprint density at radius 3 is 1.36 bits per heavy atom. The van der Waals surface area contributed by atoms with E-state index in [1.54, 1.807) is 0 Å². The molecule has 0 radical (unpaired) electrons. The summed E-state index contributed by atoms with van der Waals surface area (Å²) in [6.07, 6.45) is 6.58. The van der Waals surface area contributed by atoms with Crippen molar-refractivity contribution in [3.8, 4) is 5.75 Å². The van der Waals surface area contributed by atoms with Gasteiger partial charge in [0.25, 0.3) is 0 Å². The predicted octanol–water partition coefficient (Wildman–Crippen LogP) is 10.7. The highest BCUT2D eigenvalue weighted by Gasteiger charge is 2.22. The molecule has 0 aliphatic carbocycles. The van der Waals surface area contributed by atoms with Crippen LogP contribution in [-0.4, -0.2) is 46.4 Å². The molecular weight excluding hydrogens is 647 g/mol. The van der Waals surface area contributed by atoms with Gasteiger partial charge in [-0.15, -0.1) is 0 Å². The molecule has 1 atom stereocenters. The maximum atomic E-state index is 6.33. The van der Waals surface area contributed by atoms with Crippen LogP contribution in [0.5, 0.6) is 5.75 Å². The third kappa shape index (κ3) is 8.96. The van der Waals surface area contributed by atoms with Crippen LogP contribution in [0, 0.1) is 20.8 Å². The molecule has 0 spiro atoms. The molecule has 4 nitrogen and oxygen atoms in total. The van der Waals surface area contributed by atoms with Gasteiger partial charge in [-0.2, -0.15) is 0 Å². The molecule has 0 saturated carbocycles. The second-order valence-corrected chi connectivity index (χ2v) is 13.7. The third-order valence-corrected chi connectivity index (χ3v) is 10.00. The number of aryl methyl sites for hydroxylation is 3. The van der Waals surface area contributed by atoms with Gasteiger partial charge >= 0.3 is 0 Å². The second-order valence-electron chi connectivity index (χ2n) is 13.7. The van der Waals surface area contributed by atoms with Crippen LogP contribution in [0.2, 0.25) is 0 Å². The minimum absolute atomic E-state index is 0.0451. The summed E-state index contributed by atoms with van der Waals surface area (Å²) < 4.78 is 6.33. The van der Waals surface area contributed by atoms with Crippen molar-refractivity contribution in [3.05, 3.63) is 206 Å². The molecule has 0 aliphatic heterocycles. The Labute approximate surface area is 315 Å². The van der Waals surface area contributed by atoms with Crippen molar-refractivity contribution in [2.24, 2.45) is 15.0 Å². The lowest BCUT2D eigenvalue weighted by Crippen LogP contribution is -2.09. The largest absolute Gasteiger partial charge is 0.493 e. The zero-order chi connectivity index (χ0) is 37.2. The minimum atomic E-state index is 0.0451. The molecular formula is C49H49N3O. The van der Waals surface area contributed by atoms with E-state index in [0.29, 0.717) is 6.61 Å². The Kier molecular flexibility index (Phi) is 12.2. The van der Waals surface area contributed by atoms with Gasteiger partial charge in [-0.05, 0) is 123 Å². The monoisotopic (exact) mass is 695 g/mol. The molecule has 6 aromatic rings. The molecule has 53 heavy (non-hydrogen) atoms. The summed E-state index contributed by atoms with van der Waals surface area (Å²) in [5, 5.41) is 0. The minimum Gasteiger partial charge on any atom is -0.493 e. The summed E-state index contributed by atoms with van der Waals surface area (Å²) in [5.74, 6) is 1.04. The van der Waals surface area contributed by atoms with Gasteiger partial charge in [0.2, 0.25) is 0 Å². The van der Waals surface area contributed by atoms with Crippen LogP contribution in [0.3, 0.4) is 0 Å². The third-order valence-electron chi connectivity index (χ3n) is 10.00. The lowest BCUT2D eigenvalue weighted by Gasteiger charge is -2.24. The van der Waals surface area contributed by atoms with Gasteiger partial charge in [0.15, 0.2) is 0 Å². The van der Waals surface area contributed by atoms with Crippen LogP contribution in [0.1, 0.15) is 84.2 Å². The molecule has 0 heterocycles. The van der Waals surface area contributed by atoms with Crippen LogP contribution < -0.4 is 4.74 Å². The number of hydrogen-bond donors (Lipinski definition) is 0. The topological polar surface area (TPSA) is 46.3 Å². The Morgan fingerprint density at radius 2 is 0.887 bits per heavy atom. The number of hydrogen-bond acceptors (Lipinski definition) is 4. The van der Waals surface area contributed by atoms with E-state index in [-0.39, 0.29) is 11.8 Å². The smallest absolute Gasteiger partial charge is 0.119 e. The van der Waals surface area contributed by atoms with Gasteiger partial charge in [0.1, 0.15) is 5.75 Å². The fraction of sp³-hybridized carbons (Fsp3) is 0.204. The Balaban J connectivity index is 1.21. The zero-order valence-electron chi connectivity index (χ0n) is 31.8. The maximum Gasteiger partial charge on any atom is 0.119 e. The summed E-state index contributed by atoms with van der Waals surface area (Å²) in [5.41, 5.74) is 15.9. The van der Waals surface area contributed by atoms with E-state index >= 15 is 0 Å². The first kappa shape index (κ1) is 36.9. The fourth-order valence-corrected chi connectivity index (χ4v) is 7.24. The molecule has 6 rings (SSSR count). The Hall–Kier alpha value is -5.87. The van der Waals surface area contributed by atoms with Gasteiger partial charge in [0.05, 0.1) is 6.61 Å². The molecule has 1 unspecified atom stereocenters. The Morgan fingerprint density at radius 1 is 0.472 bits per heavy atom. The molecule has 266 valence electrons. The van der Waals surface area contributed by atoms with Gasteiger partial charge in [-0.3, -0.25) is 15.0 Å².